The summed E-state index contributed by atoms with van der Waals surface area (Å²) in [6, 6.07) is 5.74. The molecule has 0 fully saturated rings. The molecular weight excluding hydrogens is 242 g/mol. The first kappa shape index (κ1) is 12.0. The molecule has 1 aromatic carbocycles. The Hall–Kier alpha value is -2.01. The smallest absolute Gasteiger partial charge is 0.187 e. The maximum absolute atomic E-state index is 5.60. The fourth-order valence-electron chi connectivity index (χ4n) is 2.23. The van der Waals surface area contributed by atoms with Gasteiger partial charge in [0, 0.05) is 12.7 Å². The number of hydrogen-bond acceptors (Lipinski definition) is 5. The van der Waals surface area contributed by atoms with Crippen LogP contribution in [0.3, 0.4) is 0 Å². The first-order chi connectivity index (χ1) is 9.25. The Balaban J connectivity index is 1.89. The van der Waals surface area contributed by atoms with E-state index in [1.165, 1.54) is 0 Å². The van der Waals surface area contributed by atoms with Crippen LogP contribution in [0.2, 0.25) is 0 Å². The van der Waals surface area contributed by atoms with Crippen molar-refractivity contribution in [2.45, 2.75) is 6.42 Å². The van der Waals surface area contributed by atoms with Crippen LogP contribution in [0.15, 0.2) is 35.2 Å². The van der Waals surface area contributed by atoms with Gasteiger partial charge >= 0.3 is 0 Å². The monoisotopic (exact) mass is 259 g/mol. The van der Waals surface area contributed by atoms with Gasteiger partial charge in [0.15, 0.2) is 11.4 Å². The highest BCUT2D eigenvalue weighted by Gasteiger charge is 2.19. The Kier molecular flexibility index (Phi) is 3.13. The van der Waals surface area contributed by atoms with Crippen LogP contribution in [0.1, 0.15) is 6.42 Å². The molecule has 0 saturated heterocycles. The van der Waals surface area contributed by atoms with Crippen LogP contribution in [0.5, 0.6) is 5.75 Å². The summed E-state index contributed by atoms with van der Waals surface area (Å²) >= 11 is 0. The minimum Gasteiger partial charge on any atom is -0.463 e. The Morgan fingerprint density at radius 2 is 2.21 bits per heavy atom. The minimum absolute atomic E-state index is 0.758. The molecular formula is C14H17N3O2. The second-order valence-electron chi connectivity index (χ2n) is 4.89. The van der Waals surface area contributed by atoms with Crippen molar-refractivity contribution in [2.24, 2.45) is 0 Å². The Morgan fingerprint density at radius 1 is 1.32 bits per heavy atom. The van der Waals surface area contributed by atoms with Gasteiger partial charge < -0.3 is 19.1 Å². The van der Waals surface area contributed by atoms with E-state index in [1.54, 1.807) is 6.26 Å². The number of nitrogens with zero attached hydrogens (tertiary/aromatic N) is 3. The first-order valence-electron chi connectivity index (χ1n) is 6.39. The zero-order valence-electron chi connectivity index (χ0n) is 11.2. The molecule has 100 valence electrons. The molecule has 0 aliphatic carbocycles. The third kappa shape index (κ3) is 2.29. The third-order valence-electron chi connectivity index (χ3n) is 3.15. The van der Waals surface area contributed by atoms with Crippen molar-refractivity contribution in [3.05, 3.63) is 30.7 Å². The summed E-state index contributed by atoms with van der Waals surface area (Å²) in [6.45, 7) is 1.92. The standard InChI is InChI=1S/C14H17N3O2/c1-16(2)7-4-8-17-9-10-18-11-5-3-6-12-13(11)14(17)15-19-12/h3,5-6,9-10H,4,7-8H2,1-2H3. The second-order valence-corrected chi connectivity index (χ2v) is 4.89. The lowest BCUT2D eigenvalue weighted by molar-refractivity contribution is 0.401. The number of hydrogen-bond donors (Lipinski definition) is 0. The Bertz CT molecular complexity index is 604. The Labute approximate surface area is 112 Å². The molecule has 2 heterocycles. The fourth-order valence-corrected chi connectivity index (χ4v) is 2.23. The molecule has 1 aromatic heterocycles. The van der Waals surface area contributed by atoms with Crippen LogP contribution in [-0.2, 0) is 0 Å². The molecule has 0 N–H and O–H groups in total. The van der Waals surface area contributed by atoms with E-state index in [1.807, 2.05) is 24.4 Å². The number of aromatic nitrogens is 1. The summed E-state index contributed by atoms with van der Waals surface area (Å²) in [4.78, 5) is 4.25. The van der Waals surface area contributed by atoms with E-state index in [4.69, 9.17) is 9.26 Å². The molecule has 0 atom stereocenters. The van der Waals surface area contributed by atoms with E-state index in [0.717, 1.165) is 42.0 Å². The molecule has 3 rings (SSSR count). The normalized spacial score (nSPS) is 13.9. The third-order valence-corrected chi connectivity index (χ3v) is 3.15. The maximum Gasteiger partial charge on any atom is 0.187 e. The molecule has 0 spiro atoms. The number of rotatable bonds is 4. The average molecular weight is 259 g/mol. The molecule has 2 aromatic rings. The molecule has 0 radical (unpaired) electrons. The first-order valence-corrected chi connectivity index (χ1v) is 6.39. The lowest BCUT2D eigenvalue weighted by Crippen LogP contribution is -2.22. The fraction of sp³-hybridized carbons (Fsp3) is 0.357. The summed E-state index contributed by atoms with van der Waals surface area (Å²) in [5.74, 6) is 1.62. The zero-order valence-corrected chi connectivity index (χ0v) is 11.2. The van der Waals surface area contributed by atoms with E-state index in [9.17, 15) is 0 Å². The number of ether oxygens (including phenoxy) is 1. The summed E-state index contributed by atoms with van der Waals surface area (Å²) < 4.78 is 11.0. The van der Waals surface area contributed by atoms with Gasteiger partial charge in [0.1, 0.15) is 17.4 Å². The highest BCUT2D eigenvalue weighted by atomic mass is 16.5. The quantitative estimate of drug-likeness (QED) is 0.843. The van der Waals surface area contributed by atoms with Crippen molar-refractivity contribution in [3.8, 4) is 5.75 Å². The van der Waals surface area contributed by atoms with Gasteiger partial charge in [-0.1, -0.05) is 11.2 Å². The van der Waals surface area contributed by atoms with Crippen molar-refractivity contribution in [1.82, 2.24) is 10.1 Å². The van der Waals surface area contributed by atoms with E-state index in [2.05, 4.69) is 29.1 Å². The van der Waals surface area contributed by atoms with Crippen LogP contribution in [0.4, 0.5) is 5.82 Å². The van der Waals surface area contributed by atoms with Gasteiger partial charge in [0.05, 0.1) is 0 Å². The van der Waals surface area contributed by atoms with Gasteiger partial charge in [-0.15, -0.1) is 0 Å². The molecule has 19 heavy (non-hydrogen) atoms. The molecule has 0 saturated carbocycles. The molecule has 0 amide bonds. The summed E-state index contributed by atoms with van der Waals surface area (Å²) in [7, 11) is 4.15. The van der Waals surface area contributed by atoms with Gasteiger partial charge in [-0.2, -0.15) is 0 Å². The topological polar surface area (TPSA) is 41.7 Å². The van der Waals surface area contributed by atoms with E-state index < -0.39 is 0 Å². The van der Waals surface area contributed by atoms with E-state index in [0.29, 0.717) is 0 Å². The van der Waals surface area contributed by atoms with Crippen molar-refractivity contribution >= 4 is 16.8 Å². The van der Waals surface area contributed by atoms with E-state index in [-0.39, 0.29) is 0 Å². The summed E-state index contributed by atoms with van der Waals surface area (Å²) in [5, 5.41) is 5.11. The maximum atomic E-state index is 5.60. The highest BCUT2D eigenvalue weighted by molar-refractivity contribution is 5.95. The van der Waals surface area contributed by atoms with Gasteiger partial charge in [-0.25, -0.2) is 0 Å². The number of anilines is 1. The molecule has 1 aliphatic heterocycles. The van der Waals surface area contributed by atoms with Gasteiger partial charge in [-0.3, -0.25) is 0 Å². The molecule has 5 nitrogen and oxygen atoms in total. The van der Waals surface area contributed by atoms with Gasteiger partial charge in [-0.05, 0) is 39.2 Å². The molecule has 0 unspecified atom stereocenters. The average Bonchev–Trinajstić information content (AvgIpc) is 2.72. The summed E-state index contributed by atoms with van der Waals surface area (Å²) in [6.07, 6.45) is 4.66. The predicted molar refractivity (Wildman–Crippen MR) is 74.3 cm³/mol. The zero-order chi connectivity index (χ0) is 13.2. The van der Waals surface area contributed by atoms with Crippen molar-refractivity contribution in [2.75, 3.05) is 32.1 Å². The molecule has 1 aliphatic rings. The van der Waals surface area contributed by atoms with Crippen LogP contribution in [-0.4, -0.2) is 37.2 Å². The highest BCUT2D eigenvalue weighted by Crippen LogP contribution is 2.36. The Morgan fingerprint density at radius 3 is 3.05 bits per heavy atom. The van der Waals surface area contributed by atoms with Gasteiger partial charge in [0.2, 0.25) is 0 Å². The predicted octanol–water partition coefficient (Wildman–Crippen LogP) is 2.45. The van der Waals surface area contributed by atoms with Crippen molar-refractivity contribution < 1.29 is 9.26 Å². The van der Waals surface area contributed by atoms with E-state index >= 15 is 0 Å². The van der Waals surface area contributed by atoms with Crippen molar-refractivity contribution in [3.63, 3.8) is 0 Å². The lowest BCUT2D eigenvalue weighted by atomic mass is 10.2. The second kappa shape index (κ2) is 4.93. The lowest BCUT2D eigenvalue weighted by Gasteiger charge is -2.17. The SMILES string of the molecule is CN(C)CCCN1C=COc2cccc3onc1c23. The van der Waals surface area contributed by atoms with Gasteiger partial charge in [0.25, 0.3) is 0 Å². The largest absolute Gasteiger partial charge is 0.463 e. The van der Waals surface area contributed by atoms with Crippen molar-refractivity contribution in [1.29, 1.82) is 0 Å². The van der Waals surface area contributed by atoms with Crippen LogP contribution >= 0.6 is 0 Å². The summed E-state index contributed by atoms with van der Waals surface area (Å²) in [5.41, 5.74) is 0.758. The molecule has 0 bridgehead atoms. The van der Waals surface area contributed by atoms with Crippen LogP contribution in [0.25, 0.3) is 11.0 Å². The minimum atomic E-state index is 0.758. The van der Waals surface area contributed by atoms with Crippen LogP contribution < -0.4 is 9.64 Å². The number of benzene rings is 1. The molecule has 5 heteroatoms. The van der Waals surface area contributed by atoms with Crippen LogP contribution in [0, 0.1) is 0 Å².